The third kappa shape index (κ3) is 60.2. The molecular weight excluding hydrogens is 596 g/mol. The van der Waals surface area contributed by atoms with Gasteiger partial charge in [0.1, 0.15) is 18.4 Å². The molecule has 0 rings (SSSR count). The molecule has 0 heterocycles. The minimum atomic E-state index is -0.0336. The Labute approximate surface area is 290 Å². The number of aldehydes is 2. The fourth-order valence-corrected chi connectivity index (χ4v) is 4.47. The molecule has 0 aromatic carbocycles. The zero-order valence-corrected chi connectivity index (χ0v) is 31.6. The summed E-state index contributed by atoms with van der Waals surface area (Å²) in [6.45, 7) is 12.2. The molecule has 47 heavy (non-hydrogen) atoms. The third-order valence-corrected chi connectivity index (χ3v) is 7.05. The highest BCUT2D eigenvalue weighted by Gasteiger charge is 2.00. The Kier molecular flexibility index (Phi) is 59.7. The molecule has 0 aromatic rings. The number of hydrogen-bond acceptors (Lipinski definition) is 8. The van der Waals surface area contributed by atoms with Crippen molar-refractivity contribution in [2.75, 3.05) is 53.2 Å². The Morgan fingerprint density at radius 3 is 1.40 bits per heavy atom. The number of nitrogens with one attached hydrogen (secondary N) is 1. The molecule has 0 unspecified atom stereocenters. The second-order valence-electron chi connectivity index (χ2n) is 11.2. The summed E-state index contributed by atoms with van der Waals surface area (Å²) >= 11 is 0. The van der Waals surface area contributed by atoms with E-state index in [2.05, 4.69) is 11.1 Å². The van der Waals surface area contributed by atoms with Gasteiger partial charge >= 0.3 is 0 Å². The molecule has 0 saturated carbocycles. The topological polar surface area (TPSA) is 134 Å². The molecule has 9 heteroatoms. The summed E-state index contributed by atoms with van der Waals surface area (Å²) in [7, 11) is 1.50. The Balaban J connectivity index is -0.000000356. The van der Waals surface area contributed by atoms with E-state index >= 15 is 0 Å². The molecule has 0 radical (unpaired) electrons. The molecule has 1 amide bonds. The summed E-state index contributed by atoms with van der Waals surface area (Å²) in [4.78, 5) is 42.3. The summed E-state index contributed by atoms with van der Waals surface area (Å²) < 4.78 is 16.1. The van der Waals surface area contributed by atoms with Gasteiger partial charge in [-0.05, 0) is 59.4 Å². The molecule has 0 bridgehead atoms. The Morgan fingerprint density at radius 1 is 0.532 bits per heavy atom. The van der Waals surface area contributed by atoms with Crippen molar-refractivity contribution in [3.05, 3.63) is 0 Å². The minimum Gasteiger partial charge on any atom is -0.382 e. The molecule has 0 aromatic heterocycles. The van der Waals surface area contributed by atoms with Crippen molar-refractivity contribution in [1.29, 1.82) is 0 Å². The lowest BCUT2D eigenvalue weighted by molar-refractivity contribution is -0.121. The van der Waals surface area contributed by atoms with Gasteiger partial charge in [0, 0.05) is 52.0 Å². The van der Waals surface area contributed by atoms with Gasteiger partial charge in [0.15, 0.2) is 0 Å². The van der Waals surface area contributed by atoms with Gasteiger partial charge in [-0.2, -0.15) is 0 Å². The lowest BCUT2D eigenvalue weighted by atomic mass is 10.0. The first-order valence-electron chi connectivity index (χ1n) is 19.0. The summed E-state index contributed by atoms with van der Waals surface area (Å²) in [5.41, 5.74) is 4.50. The molecule has 0 atom stereocenters. The van der Waals surface area contributed by atoms with Crippen LogP contribution in [0.25, 0.3) is 0 Å². The van der Waals surface area contributed by atoms with Gasteiger partial charge < -0.3 is 39.6 Å². The van der Waals surface area contributed by atoms with Crippen molar-refractivity contribution in [3.63, 3.8) is 0 Å². The number of ketones is 1. The number of carbonyl (C=O) groups excluding carboxylic acids is 4. The molecule has 0 saturated heterocycles. The maximum Gasteiger partial charge on any atom is 0.220 e. The zero-order chi connectivity index (χ0) is 35.9. The van der Waals surface area contributed by atoms with Crippen molar-refractivity contribution in [2.24, 2.45) is 5.73 Å². The molecule has 0 aliphatic heterocycles. The smallest absolute Gasteiger partial charge is 0.220 e. The van der Waals surface area contributed by atoms with Gasteiger partial charge in [-0.15, -0.1) is 0 Å². The van der Waals surface area contributed by atoms with Crippen LogP contribution >= 0.6 is 0 Å². The summed E-state index contributed by atoms with van der Waals surface area (Å²) in [6, 6.07) is 0. The number of Topliss-reactive ketones (excluding diaryl/α,β-unsaturated/α-hetero) is 1. The van der Waals surface area contributed by atoms with Crippen LogP contribution < -0.4 is 11.1 Å². The minimum absolute atomic E-state index is 0.0336. The molecule has 9 nitrogen and oxygen atoms in total. The molecule has 0 fully saturated rings. The third-order valence-electron chi connectivity index (χ3n) is 7.05. The molecular formula is C38H78N2O7. The zero-order valence-electron chi connectivity index (χ0n) is 31.6. The standard InChI is InChI=1S/C19H36O2.C16H31NO5.C2H6.CH5N/c1-19(21)17-15-13-11-9-7-5-3-2-4-6-8-10-12-14-16-18-20;1-2-20-11-6-3-7-12-21-14-15-22-13-9-17-16(19)8-4-5-10-18;2*1-2/h18H,2-17H2,1H3;10H,2-9,11-15H2,1H3,(H,17,19);1-2H3;2H2,1H3. The highest BCUT2D eigenvalue weighted by Crippen LogP contribution is 2.13. The van der Waals surface area contributed by atoms with Crippen molar-refractivity contribution in [3.8, 4) is 0 Å². The lowest BCUT2D eigenvalue weighted by Crippen LogP contribution is -2.27. The normalized spacial score (nSPS) is 10.0. The first kappa shape index (κ1) is 52.1. The predicted octanol–water partition coefficient (Wildman–Crippen LogP) is 8.33. The van der Waals surface area contributed by atoms with Crippen LogP contribution in [-0.2, 0) is 33.4 Å². The average Bonchev–Trinajstić information content (AvgIpc) is 3.08. The van der Waals surface area contributed by atoms with E-state index in [0.717, 1.165) is 77.3 Å². The van der Waals surface area contributed by atoms with Crippen LogP contribution in [0.1, 0.15) is 169 Å². The first-order valence-corrected chi connectivity index (χ1v) is 19.0. The fraction of sp³-hybridized carbons (Fsp3) is 0.895. The Hall–Kier alpha value is -1.68. The molecule has 0 aliphatic rings. The van der Waals surface area contributed by atoms with Crippen LogP contribution in [-0.4, -0.2) is 77.5 Å². The van der Waals surface area contributed by atoms with Crippen LogP contribution in [0.5, 0.6) is 0 Å². The maximum absolute atomic E-state index is 11.3. The van der Waals surface area contributed by atoms with E-state index in [-0.39, 0.29) is 5.91 Å². The lowest BCUT2D eigenvalue weighted by Gasteiger charge is -2.07. The van der Waals surface area contributed by atoms with Crippen molar-refractivity contribution in [1.82, 2.24) is 5.32 Å². The maximum atomic E-state index is 11.3. The van der Waals surface area contributed by atoms with Gasteiger partial charge in [0.2, 0.25) is 5.91 Å². The second kappa shape index (κ2) is 53.8. The number of rotatable bonds is 34. The number of ether oxygens (including phenoxy) is 3. The van der Waals surface area contributed by atoms with E-state index in [1.165, 1.54) is 84.1 Å². The van der Waals surface area contributed by atoms with Gasteiger partial charge in [0.25, 0.3) is 0 Å². The van der Waals surface area contributed by atoms with Crippen LogP contribution in [0.4, 0.5) is 0 Å². The van der Waals surface area contributed by atoms with E-state index in [9.17, 15) is 19.2 Å². The average molecular weight is 675 g/mol. The van der Waals surface area contributed by atoms with Gasteiger partial charge in [0.05, 0.1) is 19.8 Å². The predicted molar refractivity (Wildman–Crippen MR) is 197 cm³/mol. The number of unbranched alkanes of at least 4 members (excludes halogenated alkanes) is 17. The van der Waals surface area contributed by atoms with Gasteiger partial charge in [-0.1, -0.05) is 90.9 Å². The highest BCUT2D eigenvalue weighted by atomic mass is 16.5. The second-order valence-corrected chi connectivity index (χ2v) is 11.2. The van der Waals surface area contributed by atoms with Crippen molar-refractivity contribution in [2.45, 2.75) is 169 Å². The Morgan fingerprint density at radius 2 is 0.936 bits per heavy atom. The molecule has 0 aliphatic carbocycles. The highest BCUT2D eigenvalue weighted by molar-refractivity contribution is 5.76. The number of amides is 1. The first-order chi connectivity index (χ1) is 23.1. The van der Waals surface area contributed by atoms with E-state index in [4.69, 9.17) is 14.2 Å². The van der Waals surface area contributed by atoms with E-state index in [0.29, 0.717) is 51.4 Å². The van der Waals surface area contributed by atoms with Crippen LogP contribution in [0.15, 0.2) is 0 Å². The van der Waals surface area contributed by atoms with E-state index in [1.807, 2.05) is 20.8 Å². The van der Waals surface area contributed by atoms with Crippen molar-refractivity contribution < 1.29 is 33.4 Å². The van der Waals surface area contributed by atoms with Crippen molar-refractivity contribution >= 4 is 24.3 Å². The quantitative estimate of drug-likeness (QED) is 0.0514. The Bertz CT molecular complexity index is 607. The molecule has 3 N–H and O–H groups in total. The SMILES string of the molecule is CC.CC(=O)CCCCCCCCCCCCCCCCC=O.CCOCCCCCOCCOCCNC(=O)CCCC=O.CN. The fourth-order valence-electron chi connectivity index (χ4n) is 4.47. The number of nitrogens with two attached hydrogens (primary N) is 1. The van der Waals surface area contributed by atoms with Gasteiger partial charge in [-0.3, -0.25) is 4.79 Å². The summed E-state index contributed by atoms with van der Waals surface area (Å²) in [6.07, 6.45) is 26.2. The summed E-state index contributed by atoms with van der Waals surface area (Å²) in [5.74, 6) is 0.299. The van der Waals surface area contributed by atoms with Crippen LogP contribution in [0.3, 0.4) is 0 Å². The summed E-state index contributed by atoms with van der Waals surface area (Å²) in [5, 5.41) is 2.74. The molecule has 282 valence electrons. The monoisotopic (exact) mass is 675 g/mol. The van der Waals surface area contributed by atoms with Crippen LogP contribution in [0.2, 0.25) is 0 Å². The van der Waals surface area contributed by atoms with E-state index in [1.54, 1.807) is 6.92 Å². The largest absolute Gasteiger partial charge is 0.382 e. The van der Waals surface area contributed by atoms with Gasteiger partial charge in [-0.25, -0.2) is 0 Å². The van der Waals surface area contributed by atoms with E-state index < -0.39 is 0 Å². The number of hydrogen-bond donors (Lipinski definition) is 2. The van der Waals surface area contributed by atoms with Crippen LogP contribution in [0, 0.1) is 0 Å². The molecule has 0 spiro atoms. The number of carbonyl (C=O) groups is 4.